The highest BCUT2D eigenvalue weighted by Gasteiger charge is 2.14. The van der Waals surface area contributed by atoms with Crippen LogP contribution in [-0.4, -0.2) is 24.5 Å². The van der Waals surface area contributed by atoms with E-state index in [0.717, 1.165) is 6.42 Å². The molecule has 0 aliphatic rings. The van der Waals surface area contributed by atoms with Crippen molar-refractivity contribution in [3.05, 3.63) is 0 Å². The second kappa shape index (κ2) is 8.13. The Balaban J connectivity index is 4.00. The van der Waals surface area contributed by atoms with E-state index in [1.165, 1.54) is 6.92 Å². The number of amides is 1. The number of hydrogen-bond acceptors (Lipinski definition) is 3. The third-order valence-electron chi connectivity index (χ3n) is 2.17. The summed E-state index contributed by atoms with van der Waals surface area (Å²) in [5, 5.41) is 2.86. The summed E-state index contributed by atoms with van der Waals surface area (Å²) in [6, 6.07) is 0.0712. The van der Waals surface area contributed by atoms with Crippen LogP contribution in [0.5, 0.6) is 0 Å². The van der Waals surface area contributed by atoms with E-state index in [-0.39, 0.29) is 17.9 Å². The molecule has 4 heteroatoms. The lowest BCUT2D eigenvalue weighted by molar-refractivity contribution is -0.143. The fraction of sp³-hybridized carbons (Fsp3) is 0.833. The molecule has 0 spiro atoms. The van der Waals surface area contributed by atoms with E-state index in [2.05, 4.69) is 19.2 Å². The van der Waals surface area contributed by atoms with Crippen molar-refractivity contribution in [1.82, 2.24) is 5.32 Å². The minimum absolute atomic E-state index is 0.0468. The van der Waals surface area contributed by atoms with Gasteiger partial charge >= 0.3 is 5.97 Å². The van der Waals surface area contributed by atoms with Crippen LogP contribution in [0.1, 0.15) is 47.0 Å². The summed E-state index contributed by atoms with van der Waals surface area (Å²) in [6.07, 6.45) is 1.90. The van der Waals surface area contributed by atoms with E-state index in [9.17, 15) is 9.59 Å². The molecule has 1 N–H and O–H groups in total. The molecule has 1 amide bonds. The lowest BCUT2D eigenvalue weighted by Crippen LogP contribution is -2.34. The summed E-state index contributed by atoms with van der Waals surface area (Å²) < 4.78 is 4.85. The van der Waals surface area contributed by atoms with Gasteiger partial charge in [0.25, 0.3) is 0 Å². The first kappa shape index (κ1) is 14.9. The van der Waals surface area contributed by atoms with Crippen LogP contribution in [0.15, 0.2) is 0 Å². The predicted molar refractivity (Wildman–Crippen MR) is 62.9 cm³/mol. The largest absolute Gasteiger partial charge is 0.466 e. The number of ether oxygens (including phenoxy) is 1. The van der Waals surface area contributed by atoms with Crippen LogP contribution < -0.4 is 5.32 Å². The Morgan fingerprint density at radius 2 is 1.94 bits per heavy atom. The van der Waals surface area contributed by atoms with Crippen molar-refractivity contribution in [1.29, 1.82) is 0 Å². The average Bonchev–Trinajstić information content (AvgIpc) is 2.13. The van der Waals surface area contributed by atoms with E-state index in [0.29, 0.717) is 25.4 Å². The van der Waals surface area contributed by atoms with Crippen LogP contribution in [0.2, 0.25) is 0 Å². The highest BCUT2D eigenvalue weighted by Crippen LogP contribution is 2.10. The Bertz CT molecular complexity index is 226. The third kappa shape index (κ3) is 8.26. The number of hydrogen-bond donors (Lipinski definition) is 1. The Labute approximate surface area is 97.7 Å². The number of nitrogens with one attached hydrogen (secondary N) is 1. The molecule has 0 saturated carbocycles. The lowest BCUT2D eigenvalue weighted by Gasteiger charge is -2.19. The fourth-order valence-corrected chi connectivity index (χ4v) is 1.63. The van der Waals surface area contributed by atoms with Crippen molar-refractivity contribution in [3.8, 4) is 0 Å². The minimum atomic E-state index is -0.193. The Hall–Kier alpha value is -1.06. The third-order valence-corrected chi connectivity index (χ3v) is 2.17. The van der Waals surface area contributed by atoms with Crippen molar-refractivity contribution in [3.63, 3.8) is 0 Å². The Morgan fingerprint density at radius 1 is 1.31 bits per heavy atom. The van der Waals surface area contributed by atoms with Crippen molar-refractivity contribution >= 4 is 11.9 Å². The molecule has 4 nitrogen and oxygen atoms in total. The van der Waals surface area contributed by atoms with Gasteiger partial charge in [0, 0.05) is 19.4 Å². The van der Waals surface area contributed by atoms with Crippen LogP contribution in [0.25, 0.3) is 0 Å². The summed E-state index contributed by atoms with van der Waals surface area (Å²) >= 11 is 0. The number of carbonyl (C=O) groups is 2. The molecule has 0 heterocycles. The highest BCUT2D eigenvalue weighted by molar-refractivity contribution is 5.73. The lowest BCUT2D eigenvalue weighted by atomic mass is 10.00. The quantitative estimate of drug-likeness (QED) is 0.678. The molecule has 0 bridgehead atoms. The normalized spacial score (nSPS) is 12.3. The van der Waals surface area contributed by atoms with Gasteiger partial charge in [0.1, 0.15) is 0 Å². The number of esters is 1. The molecule has 0 aromatic carbocycles. The first-order valence-electron chi connectivity index (χ1n) is 5.88. The molecule has 0 aromatic heterocycles. The Kier molecular flexibility index (Phi) is 7.60. The van der Waals surface area contributed by atoms with Gasteiger partial charge < -0.3 is 10.1 Å². The van der Waals surface area contributed by atoms with E-state index >= 15 is 0 Å². The molecule has 1 atom stereocenters. The molecule has 0 aliphatic heterocycles. The zero-order valence-electron chi connectivity index (χ0n) is 10.7. The van der Waals surface area contributed by atoms with Gasteiger partial charge in [0.2, 0.25) is 5.91 Å². The molecular formula is C12H23NO3. The minimum Gasteiger partial charge on any atom is -0.466 e. The summed E-state index contributed by atoms with van der Waals surface area (Å²) in [4.78, 5) is 22.2. The number of carbonyl (C=O) groups excluding carboxylic acids is 2. The van der Waals surface area contributed by atoms with E-state index in [4.69, 9.17) is 4.74 Å². The van der Waals surface area contributed by atoms with Gasteiger partial charge in [0.15, 0.2) is 0 Å². The maximum absolute atomic E-state index is 11.2. The molecule has 0 radical (unpaired) electrons. The summed E-state index contributed by atoms with van der Waals surface area (Å²) in [5.41, 5.74) is 0. The van der Waals surface area contributed by atoms with Crippen LogP contribution in [0, 0.1) is 5.92 Å². The molecule has 0 aliphatic carbocycles. The van der Waals surface area contributed by atoms with E-state index < -0.39 is 0 Å². The molecular weight excluding hydrogens is 206 g/mol. The summed E-state index contributed by atoms with van der Waals surface area (Å²) in [6.45, 7) is 7.89. The molecule has 16 heavy (non-hydrogen) atoms. The maximum Gasteiger partial charge on any atom is 0.305 e. The zero-order valence-corrected chi connectivity index (χ0v) is 10.7. The molecule has 94 valence electrons. The van der Waals surface area contributed by atoms with Crippen LogP contribution >= 0.6 is 0 Å². The van der Waals surface area contributed by atoms with Crippen molar-refractivity contribution in [2.24, 2.45) is 5.92 Å². The summed E-state index contributed by atoms with van der Waals surface area (Å²) in [7, 11) is 0. The smallest absolute Gasteiger partial charge is 0.305 e. The van der Waals surface area contributed by atoms with Gasteiger partial charge in [-0.3, -0.25) is 9.59 Å². The van der Waals surface area contributed by atoms with E-state index in [1.807, 2.05) is 0 Å². The van der Waals surface area contributed by atoms with Gasteiger partial charge in [0.05, 0.1) is 6.61 Å². The van der Waals surface area contributed by atoms with Crippen LogP contribution in [0.4, 0.5) is 0 Å². The summed E-state index contributed by atoms with van der Waals surface area (Å²) in [5.74, 6) is 0.259. The van der Waals surface area contributed by atoms with Crippen LogP contribution in [0.3, 0.4) is 0 Å². The van der Waals surface area contributed by atoms with Crippen molar-refractivity contribution in [2.45, 2.75) is 53.0 Å². The highest BCUT2D eigenvalue weighted by atomic mass is 16.5. The fourth-order valence-electron chi connectivity index (χ4n) is 1.63. The van der Waals surface area contributed by atoms with Gasteiger partial charge in [-0.1, -0.05) is 13.8 Å². The monoisotopic (exact) mass is 229 g/mol. The van der Waals surface area contributed by atoms with Crippen molar-refractivity contribution < 1.29 is 14.3 Å². The molecule has 0 rings (SSSR count). The topological polar surface area (TPSA) is 55.4 Å². The van der Waals surface area contributed by atoms with Gasteiger partial charge in [-0.15, -0.1) is 0 Å². The standard InChI is InChI=1S/C12H23NO3/c1-5-16-12(15)7-6-11(8-9(2)3)13-10(4)14/h9,11H,5-8H2,1-4H3,(H,13,14). The Morgan fingerprint density at radius 3 is 2.38 bits per heavy atom. The average molecular weight is 229 g/mol. The second-order valence-electron chi connectivity index (χ2n) is 4.37. The molecule has 0 aromatic rings. The molecule has 0 fully saturated rings. The molecule has 1 unspecified atom stereocenters. The predicted octanol–water partition coefficient (Wildman–Crippen LogP) is 1.88. The maximum atomic E-state index is 11.2. The van der Waals surface area contributed by atoms with Gasteiger partial charge in [-0.2, -0.15) is 0 Å². The van der Waals surface area contributed by atoms with Crippen molar-refractivity contribution in [2.75, 3.05) is 6.61 Å². The SMILES string of the molecule is CCOC(=O)CCC(CC(C)C)NC(C)=O. The van der Waals surface area contributed by atoms with E-state index in [1.54, 1.807) is 6.92 Å². The second-order valence-corrected chi connectivity index (χ2v) is 4.37. The first-order valence-corrected chi connectivity index (χ1v) is 5.88. The molecule has 0 saturated heterocycles. The zero-order chi connectivity index (χ0) is 12.6. The number of rotatable bonds is 7. The van der Waals surface area contributed by atoms with Gasteiger partial charge in [-0.25, -0.2) is 0 Å². The van der Waals surface area contributed by atoms with Crippen LogP contribution in [-0.2, 0) is 14.3 Å². The first-order chi connectivity index (χ1) is 7.45. The van der Waals surface area contributed by atoms with Gasteiger partial charge in [-0.05, 0) is 25.7 Å².